The molecule has 1 aromatic heterocycles. The van der Waals surface area contributed by atoms with E-state index < -0.39 is 0 Å². The molecular weight excluding hydrogens is 350 g/mol. The first kappa shape index (κ1) is 20.7. The van der Waals surface area contributed by atoms with Crippen molar-refractivity contribution >= 4 is 23.6 Å². The Morgan fingerprint density at radius 2 is 2.04 bits per heavy atom. The zero-order valence-corrected chi connectivity index (χ0v) is 16.8. The van der Waals surface area contributed by atoms with Crippen molar-refractivity contribution in [1.29, 1.82) is 0 Å². The summed E-state index contributed by atoms with van der Waals surface area (Å²) in [7, 11) is 0. The predicted octanol–water partition coefficient (Wildman–Crippen LogP) is 2.14. The molecule has 1 saturated carbocycles. The van der Waals surface area contributed by atoms with Crippen molar-refractivity contribution in [1.82, 2.24) is 20.1 Å². The summed E-state index contributed by atoms with van der Waals surface area (Å²) in [5.74, 6) is 1.74. The maximum absolute atomic E-state index is 12.3. The third-order valence-electron chi connectivity index (χ3n) is 4.73. The van der Waals surface area contributed by atoms with Crippen LogP contribution in [0.3, 0.4) is 0 Å². The quantitative estimate of drug-likeness (QED) is 0.638. The summed E-state index contributed by atoms with van der Waals surface area (Å²) in [4.78, 5) is 23.4. The van der Waals surface area contributed by atoms with Gasteiger partial charge in [-0.25, -0.2) is 0 Å². The second-order valence-corrected chi connectivity index (χ2v) is 8.54. The minimum atomic E-state index is -0.348. The highest BCUT2D eigenvalue weighted by atomic mass is 32.2. The van der Waals surface area contributed by atoms with Gasteiger partial charge in [-0.05, 0) is 24.7 Å². The molecule has 0 unspecified atom stereocenters. The summed E-state index contributed by atoms with van der Waals surface area (Å²) < 4.78 is 2.01. The van der Waals surface area contributed by atoms with Crippen LogP contribution in [0.4, 0.5) is 0 Å². The van der Waals surface area contributed by atoms with Crippen LogP contribution < -0.4 is 11.1 Å². The van der Waals surface area contributed by atoms with Gasteiger partial charge in [-0.2, -0.15) is 0 Å². The van der Waals surface area contributed by atoms with E-state index in [9.17, 15) is 9.59 Å². The SMILES string of the molecule is CC(C)Cn1c(CCC(N)=O)nnc1SCC(=O)N[C@H]1CCCC[C@H]1C. The van der Waals surface area contributed by atoms with Gasteiger partial charge in [-0.3, -0.25) is 9.59 Å². The zero-order valence-electron chi connectivity index (χ0n) is 16.0. The number of hydrogen-bond donors (Lipinski definition) is 2. The summed E-state index contributed by atoms with van der Waals surface area (Å²) >= 11 is 1.40. The van der Waals surface area contributed by atoms with Gasteiger partial charge in [0.25, 0.3) is 0 Å². The van der Waals surface area contributed by atoms with Gasteiger partial charge < -0.3 is 15.6 Å². The van der Waals surface area contributed by atoms with E-state index in [1.807, 2.05) is 4.57 Å². The number of amides is 2. The highest BCUT2D eigenvalue weighted by Crippen LogP contribution is 2.24. The van der Waals surface area contributed by atoms with Crippen molar-refractivity contribution < 1.29 is 9.59 Å². The molecule has 2 atom stereocenters. The summed E-state index contributed by atoms with van der Waals surface area (Å²) in [6, 6.07) is 0.288. The molecule has 2 rings (SSSR count). The number of nitrogens with one attached hydrogen (secondary N) is 1. The van der Waals surface area contributed by atoms with Crippen molar-refractivity contribution in [2.45, 2.75) is 77.0 Å². The van der Waals surface area contributed by atoms with E-state index in [1.165, 1.54) is 31.0 Å². The number of hydrogen-bond acceptors (Lipinski definition) is 5. The van der Waals surface area contributed by atoms with Crippen LogP contribution in [0.25, 0.3) is 0 Å². The lowest BCUT2D eigenvalue weighted by Crippen LogP contribution is -2.41. The summed E-state index contributed by atoms with van der Waals surface area (Å²) in [6.07, 6.45) is 5.42. The largest absolute Gasteiger partial charge is 0.370 e. The fourth-order valence-corrected chi connectivity index (χ4v) is 4.08. The van der Waals surface area contributed by atoms with Crippen molar-refractivity contribution in [3.63, 3.8) is 0 Å². The van der Waals surface area contributed by atoms with E-state index in [0.717, 1.165) is 23.9 Å². The minimum Gasteiger partial charge on any atom is -0.370 e. The van der Waals surface area contributed by atoms with Crippen LogP contribution in [0.15, 0.2) is 5.16 Å². The molecule has 7 nitrogen and oxygen atoms in total. The number of primary amides is 1. The van der Waals surface area contributed by atoms with Crippen LogP contribution >= 0.6 is 11.8 Å². The van der Waals surface area contributed by atoms with Crippen LogP contribution in [0.5, 0.6) is 0 Å². The Labute approximate surface area is 159 Å². The van der Waals surface area contributed by atoms with E-state index >= 15 is 0 Å². The fraction of sp³-hybridized carbons (Fsp3) is 0.778. The van der Waals surface area contributed by atoms with Crippen molar-refractivity contribution in [2.75, 3.05) is 5.75 Å². The number of aromatic nitrogens is 3. The third kappa shape index (κ3) is 6.30. The monoisotopic (exact) mass is 381 g/mol. The zero-order chi connectivity index (χ0) is 19.1. The lowest BCUT2D eigenvalue weighted by Gasteiger charge is -2.29. The first-order chi connectivity index (χ1) is 12.4. The molecule has 1 aliphatic rings. The Bertz CT molecular complexity index is 617. The van der Waals surface area contributed by atoms with E-state index in [4.69, 9.17) is 5.73 Å². The van der Waals surface area contributed by atoms with Crippen LogP contribution in [0.2, 0.25) is 0 Å². The topological polar surface area (TPSA) is 103 Å². The summed E-state index contributed by atoms with van der Waals surface area (Å²) in [6.45, 7) is 7.19. The molecule has 2 amide bonds. The average molecular weight is 382 g/mol. The fourth-order valence-electron chi connectivity index (χ4n) is 3.30. The molecular formula is C18H31N5O2S. The number of nitrogens with zero attached hydrogens (tertiary/aromatic N) is 3. The Balaban J connectivity index is 1.94. The van der Waals surface area contributed by atoms with E-state index in [0.29, 0.717) is 24.0 Å². The van der Waals surface area contributed by atoms with Crippen LogP contribution in [0, 0.1) is 11.8 Å². The lowest BCUT2D eigenvalue weighted by atomic mass is 9.86. The van der Waals surface area contributed by atoms with Crippen LogP contribution in [-0.4, -0.2) is 38.4 Å². The standard InChI is InChI=1S/C18H31N5O2S/c1-12(2)10-23-16(9-8-15(19)24)21-22-18(23)26-11-17(25)20-14-7-5-4-6-13(14)3/h12-14H,4-11H2,1-3H3,(H2,19,24)(H,20,25)/t13-,14+/m1/s1. The molecule has 1 aliphatic carbocycles. The first-order valence-electron chi connectivity index (χ1n) is 9.49. The number of aryl methyl sites for hydroxylation is 1. The van der Waals surface area contributed by atoms with Gasteiger partial charge in [0.15, 0.2) is 5.16 Å². The molecule has 0 aliphatic heterocycles. The van der Waals surface area contributed by atoms with Crippen molar-refractivity contribution in [3.05, 3.63) is 5.82 Å². The predicted molar refractivity (Wildman–Crippen MR) is 103 cm³/mol. The Hall–Kier alpha value is -1.57. The molecule has 1 fully saturated rings. The molecule has 0 radical (unpaired) electrons. The third-order valence-corrected chi connectivity index (χ3v) is 5.69. The van der Waals surface area contributed by atoms with Crippen molar-refractivity contribution in [2.24, 2.45) is 17.6 Å². The molecule has 0 saturated heterocycles. The minimum absolute atomic E-state index is 0.0477. The highest BCUT2D eigenvalue weighted by Gasteiger charge is 2.23. The molecule has 1 aromatic rings. The Morgan fingerprint density at radius 3 is 2.69 bits per heavy atom. The summed E-state index contributed by atoms with van der Waals surface area (Å²) in [5.41, 5.74) is 5.24. The first-order valence-corrected chi connectivity index (χ1v) is 10.5. The van der Waals surface area contributed by atoms with Gasteiger partial charge in [0.2, 0.25) is 11.8 Å². The maximum Gasteiger partial charge on any atom is 0.230 e. The van der Waals surface area contributed by atoms with Gasteiger partial charge in [0, 0.05) is 25.4 Å². The Morgan fingerprint density at radius 1 is 1.31 bits per heavy atom. The number of nitrogens with two attached hydrogens (primary N) is 1. The smallest absolute Gasteiger partial charge is 0.230 e. The number of thioether (sulfide) groups is 1. The van der Waals surface area contributed by atoms with E-state index in [1.54, 1.807) is 0 Å². The summed E-state index contributed by atoms with van der Waals surface area (Å²) in [5, 5.41) is 12.3. The van der Waals surface area contributed by atoms with Gasteiger partial charge in [-0.1, -0.05) is 45.4 Å². The maximum atomic E-state index is 12.3. The molecule has 26 heavy (non-hydrogen) atoms. The number of carbonyl (C=O) groups is 2. The Kier molecular flexibility index (Phi) is 7.93. The van der Waals surface area contributed by atoms with Gasteiger partial charge >= 0.3 is 0 Å². The van der Waals surface area contributed by atoms with Gasteiger partial charge in [0.05, 0.1) is 5.75 Å². The molecule has 1 heterocycles. The highest BCUT2D eigenvalue weighted by molar-refractivity contribution is 7.99. The second kappa shape index (κ2) is 9.94. The lowest BCUT2D eigenvalue weighted by molar-refractivity contribution is -0.120. The average Bonchev–Trinajstić information content (AvgIpc) is 2.94. The molecule has 3 N–H and O–H groups in total. The number of rotatable bonds is 9. The van der Waals surface area contributed by atoms with Crippen LogP contribution in [-0.2, 0) is 22.6 Å². The van der Waals surface area contributed by atoms with Crippen LogP contribution in [0.1, 0.15) is 58.7 Å². The second-order valence-electron chi connectivity index (χ2n) is 7.59. The normalized spacial score (nSPS) is 20.3. The molecule has 0 bridgehead atoms. The molecule has 8 heteroatoms. The molecule has 0 aromatic carbocycles. The van der Waals surface area contributed by atoms with Gasteiger partial charge in [0.1, 0.15) is 5.82 Å². The van der Waals surface area contributed by atoms with E-state index in [2.05, 4.69) is 36.3 Å². The number of carbonyl (C=O) groups excluding carboxylic acids is 2. The van der Waals surface area contributed by atoms with Crippen molar-refractivity contribution in [3.8, 4) is 0 Å². The molecule has 146 valence electrons. The molecule has 0 spiro atoms. The van der Waals surface area contributed by atoms with E-state index in [-0.39, 0.29) is 24.3 Å². The van der Waals surface area contributed by atoms with Gasteiger partial charge in [-0.15, -0.1) is 10.2 Å².